The number of nitrogens with zero attached hydrogens (tertiary/aromatic N) is 2. The van der Waals surface area contributed by atoms with E-state index >= 15 is 0 Å². The number of likely N-dealkylation sites (tertiary alicyclic amines) is 2. The van der Waals surface area contributed by atoms with Crippen molar-refractivity contribution in [2.45, 2.75) is 53.5 Å². The third-order valence-corrected chi connectivity index (χ3v) is 6.01. The number of amides is 1. The van der Waals surface area contributed by atoms with E-state index in [0.29, 0.717) is 11.3 Å². The van der Waals surface area contributed by atoms with Crippen LogP contribution in [0.1, 0.15) is 49.8 Å². The Hall–Kier alpha value is -1.35. The average Bonchev–Trinajstić information content (AvgIpc) is 2.93. The minimum absolute atomic E-state index is 0.120. The van der Waals surface area contributed by atoms with Gasteiger partial charge >= 0.3 is 0 Å². The van der Waals surface area contributed by atoms with Gasteiger partial charge in [-0.2, -0.15) is 0 Å². The second kappa shape index (κ2) is 6.87. The summed E-state index contributed by atoms with van der Waals surface area (Å²) in [6.07, 6.45) is 3.71. The fourth-order valence-electron chi connectivity index (χ4n) is 4.59. The monoisotopic (exact) mass is 328 g/mol. The molecule has 3 rings (SSSR count). The first-order chi connectivity index (χ1) is 11.4. The molecule has 1 atom stereocenters. The van der Waals surface area contributed by atoms with E-state index < -0.39 is 0 Å². The van der Waals surface area contributed by atoms with Gasteiger partial charge in [0, 0.05) is 37.5 Å². The first kappa shape index (κ1) is 17.5. The van der Waals surface area contributed by atoms with Crippen LogP contribution in [0.2, 0.25) is 0 Å². The lowest BCUT2D eigenvalue weighted by Gasteiger charge is -2.41. The molecule has 2 saturated heterocycles. The molecule has 2 aliphatic heterocycles. The molecule has 2 fully saturated rings. The van der Waals surface area contributed by atoms with Gasteiger partial charge in [-0.15, -0.1) is 0 Å². The third-order valence-electron chi connectivity index (χ3n) is 6.01. The first-order valence-electron chi connectivity index (χ1n) is 9.46. The van der Waals surface area contributed by atoms with Gasteiger partial charge in [-0.3, -0.25) is 9.69 Å². The predicted molar refractivity (Wildman–Crippen MR) is 98.9 cm³/mol. The molecule has 1 aromatic carbocycles. The first-order valence-corrected chi connectivity index (χ1v) is 9.46. The standard InChI is InChI=1S/C21H32N2O/c1-16(2)20(24)23-12-10-21(15-23)9-6-11-22(14-21)13-19-17(3)7-5-8-18(19)4/h5,7-8,16H,6,9-15H2,1-4H3. The highest BCUT2D eigenvalue weighted by molar-refractivity contribution is 5.78. The van der Waals surface area contributed by atoms with Gasteiger partial charge in [0.15, 0.2) is 0 Å². The van der Waals surface area contributed by atoms with Gasteiger partial charge in [0.25, 0.3) is 0 Å². The van der Waals surface area contributed by atoms with Crippen molar-refractivity contribution in [3.63, 3.8) is 0 Å². The van der Waals surface area contributed by atoms with Crippen LogP contribution in [0.15, 0.2) is 18.2 Å². The Bertz CT molecular complexity index is 590. The zero-order valence-corrected chi connectivity index (χ0v) is 15.8. The highest BCUT2D eigenvalue weighted by atomic mass is 16.2. The third kappa shape index (κ3) is 3.51. The molecule has 0 radical (unpaired) electrons. The highest BCUT2D eigenvalue weighted by Gasteiger charge is 2.42. The summed E-state index contributed by atoms with van der Waals surface area (Å²) in [5, 5.41) is 0. The number of hydrogen-bond acceptors (Lipinski definition) is 2. The largest absolute Gasteiger partial charge is 0.342 e. The summed E-state index contributed by atoms with van der Waals surface area (Å²) in [5.74, 6) is 0.452. The van der Waals surface area contributed by atoms with Crippen molar-refractivity contribution in [2.24, 2.45) is 11.3 Å². The molecular weight excluding hydrogens is 296 g/mol. The Morgan fingerprint density at radius 1 is 1.12 bits per heavy atom. The molecular formula is C21H32N2O. The topological polar surface area (TPSA) is 23.6 Å². The minimum atomic E-state index is 0.120. The molecule has 1 amide bonds. The van der Waals surface area contributed by atoms with Crippen LogP contribution in [0.4, 0.5) is 0 Å². The van der Waals surface area contributed by atoms with Crippen molar-refractivity contribution < 1.29 is 4.79 Å². The maximum atomic E-state index is 12.3. The van der Waals surface area contributed by atoms with E-state index in [0.717, 1.165) is 26.2 Å². The molecule has 1 unspecified atom stereocenters. The zero-order chi connectivity index (χ0) is 17.3. The van der Waals surface area contributed by atoms with E-state index in [-0.39, 0.29) is 5.92 Å². The van der Waals surface area contributed by atoms with Crippen molar-refractivity contribution in [3.05, 3.63) is 34.9 Å². The number of aryl methyl sites for hydroxylation is 2. The summed E-state index contributed by atoms with van der Waals surface area (Å²) in [7, 11) is 0. The van der Waals surface area contributed by atoms with Gasteiger partial charge in [0.1, 0.15) is 0 Å². The maximum absolute atomic E-state index is 12.3. The van der Waals surface area contributed by atoms with Gasteiger partial charge in [-0.05, 0) is 56.3 Å². The molecule has 0 bridgehead atoms. The molecule has 3 nitrogen and oxygen atoms in total. The SMILES string of the molecule is Cc1cccc(C)c1CN1CCCC2(CCN(C(=O)C(C)C)C2)C1. The van der Waals surface area contributed by atoms with Crippen molar-refractivity contribution in [2.75, 3.05) is 26.2 Å². The summed E-state index contributed by atoms with van der Waals surface area (Å²) in [6, 6.07) is 6.60. The minimum Gasteiger partial charge on any atom is -0.342 e. The number of carbonyl (C=O) groups is 1. The summed E-state index contributed by atoms with van der Waals surface area (Å²) in [5.41, 5.74) is 4.62. The zero-order valence-electron chi connectivity index (χ0n) is 15.8. The Morgan fingerprint density at radius 3 is 2.50 bits per heavy atom. The molecule has 1 aromatic rings. The molecule has 0 aliphatic carbocycles. The Morgan fingerprint density at radius 2 is 1.83 bits per heavy atom. The van der Waals surface area contributed by atoms with Gasteiger partial charge in [0.05, 0.1) is 0 Å². The normalized spacial score (nSPS) is 25.0. The van der Waals surface area contributed by atoms with E-state index in [1.54, 1.807) is 0 Å². The molecule has 2 heterocycles. The van der Waals surface area contributed by atoms with Crippen LogP contribution in [-0.4, -0.2) is 41.9 Å². The number of piperidine rings is 1. The molecule has 24 heavy (non-hydrogen) atoms. The Kier molecular flexibility index (Phi) is 5.00. The summed E-state index contributed by atoms with van der Waals surface area (Å²) in [4.78, 5) is 17.1. The van der Waals surface area contributed by atoms with Crippen molar-refractivity contribution in [3.8, 4) is 0 Å². The molecule has 0 N–H and O–H groups in total. The Balaban J connectivity index is 1.68. The maximum Gasteiger partial charge on any atom is 0.225 e. The van der Waals surface area contributed by atoms with Crippen LogP contribution in [0.3, 0.4) is 0 Å². The molecule has 2 aliphatic rings. The Labute approximate surface area is 147 Å². The predicted octanol–water partition coefficient (Wildman–Crippen LogP) is 3.77. The number of rotatable bonds is 3. The summed E-state index contributed by atoms with van der Waals surface area (Å²) in [6.45, 7) is 13.8. The van der Waals surface area contributed by atoms with Gasteiger partial charge in [-0.1, -0.05) is 32.0 Å². The lowest BCUT2D eigenvalue weighted by atomic mass is 9.79. The molecule has 0 saturated carbocycles. The molecule has 1 spiro atoms. The molecule has 0 aromatic heterocycles. The average molecular weight is 329 g/mol. The van der Waals surface area contributed by atoms with Gasteiger partial charge in [-0.25, -0.2) is 0 Å². The van der Waals surface area contributed by atoms with E-state index in [4.69, 9.17) is 0 Å². The van der Waals surface area contributed by atoms with Crippen LogP contribution in [0, 0.1) is 25.2 Å². The smallest absolute Gasteiger partial charge is 0.225 e. The van der Waals surface area contributed by atoms with E-state index in [2.05, 4.69) is 41.8 Å². The van der Waals surface area contributed by atoms with Crippen molar-refractivity contribution >= 4 is 5.91 Å². The van der Waals surface area contributed by atoms with Crippen molar-refractivity contribution in [1.82, 2.24) is 9.80 Å². The number of benzene rings is 1. The second-order valence-electron chi connectivity index (χ2n) is 8.35. The fraction of sp³-hybridized carbons (Fsp3) is 0.667. The summed E-state index contributed by atoms with van der Waals surface area (Å²) >= 11 is 0. The lowest BCUT2D eigenvalue weighted by Crippen LogP contribution is -2.45. The van der Waals surface area contributed by atoms with Crippen LogP contribution in [0.5, 0.6) is 0 Å². The molecule has 132 valence electrons. The van der Waals surface area contributed by atoms with Crippen LogP contribution in [0.25, 0.3) is 0 Å². The van der Waals surface area contributed by atoms with E-state index in [1.165, 1.54) is 42.5 Å². The number of carbonyl (C=O) groups excluding carboxylic acids is 1. The van der Waals surface area contributed by atoms with Gasteiger partial charge in [0.2, 0.25) is 5.91 Å². The van der Waals surface area contributed by atoms with E-state index in [9.17, 15) is 4.79 Å². The van der Waals surface area contributed by atoms with Crippen LogP contribution >= 0.6 is 0 Å². The fourth-order valence-corrected chi connectivity index (χ4v) is 4.59. The van der Waals surface area contributed by atoms with Crippen LogP contribution in [-0.2, 0) is 11.3 Å². The number of hydrogen-bond donors (Lipinski definition) is 0. The molecule has 3 heteroatoms. The van der Waals surface area contributed by atoms with E-state index in [1.807, 2.05) is 13.8 Å². The van der Waals surface area contributed by atoms with Crippen molar-refractivity contribution in [1.29, 1.82) is 0 Å². The second-order valence-corrected chi connectivity index (χ2v) is 8.35. The van der Waals surface area contributed by atoms with Gasteiger partial charge < -0.3 is 4.90 Å². The van der Waals surface area contributed by atoms with Crippen LogP contribution < -0.4 is 0 Å². The lowest BCUT2D eigenvalue weighted by molar-refractivity contribution is -0.134. The highest BCUT2D eigenvalue weighted by Crippen LogP contribution is 2.40. The quantitative estimate of drug-likeness (QED) is 0.843. The summed E-state index contributed by atoms with van der Waals surface area (Å²) < 4.78 is 0.